The molecular formula is C6H10N3Y. The molecule has 0 N–H and O–H groups in total. The van der Waals surface area contributed by atoms with Gasteiger partial charge in [-0.15, -0.1) is 0 Å². The topological polar surface area (TPSA) is 30.7 Å². The molecule has 0 aliphatic carbocycles. The predicted octanol–water partition coefficient (Wildman–Crippen LogP) is 0.340. The van der Waals surface area contributed by atoms with E-state index in [0.29, 0.717) is 6.04 Å². The minimum atomic E-state index is 0.389. The van der Waals surface area contributed by atoms with E-state index < -0.39 is 0 Å². The Kier molecular flexibility index (Phi) is 2.58. The second-order valence-corrected chi connectivity index (χ2v) is 3.93. The van der Waals surface area contributed by atoms with Crippen molar-refractivity contribution in [2.75, 3.05) is 0 Å². The van der Waals surface area contributed by atoms with Gasteiger partial charge in [0.25, 0.3) is 0 Å². The van der Waals surface area contributed by atoms with Gasteiger partial charge in [0, 0.05) is 0 Å². The number of aromatic nitrogens is 3. The van der Waals surface area contributed by atoms with E-state index in [1.807, 2.05) is 6.92 Å². The zero-order valence-corrected chi connectivity index (χ0v) is 9.33. The third kappa shape index (κ3) is 1.64. The molecule has 1 rings (SSSR count). The third-order valence-corrected chi connectivity index (χ3v) is 2.61. The Morgan fingerprint density at radius 1 is 1.40 bits per heavy atom. The molecule has 0 aliphatic heterocycles. The first-order chi connectivity index (χ1) is 4.61. The summed E-state index contributed by atoms with van der Waals surface area (Å²) in [6, 6.07) is 0.389. The summed E-state index contributed by atoms with van der Waals surface area (Å²) >= 11 is 1.06. The Balaban J connectivity index is 2.98. The fourth-order valence-corrected chi connectivity index (χ4v) is 1.07. The van der Waals surface area contributed by atoms with Crippen molar-refractivity contribution in [3.05, 3.63) is 5.69 Å². The van der Waals surface area contributed by atoms with Crippen molar-refractivity contribution >= 4 is 2.50 Å². The van der Waals surface area contributed by atoms with Gasteiger partial charge < -0.3 is 0 Å². The van der Waals surface area contributed by atoms with E-state index in [1.54, 1.807) is 4.80 Å². The molecule has 10 heavy (non-hydrogen) atoms. The van der Waals surface area contributed by atoms with E-state index in [4.69, 9.17) is 0 Å². The van der Waals surface area contributed by atoms with Crippen LogP contribution in [0.1, 0.15) is 25.6 Å². The minimum absolute atomic E-state index is 0.389. The summed E-state index contributed by atoms with van der Waals surface area (Å²) in [7, 11) is 0. The molecule has 52 valence electrons. The van der Waals surface area contributed by atoms with Crippen molar-refractivity contribution in [2.24, 2.45) is 0 Å². The number of rotatable bonds is 1. The molecule has 0 atom stereocenters. The van der Waals surface area contributed by atoms with Crippen LogP contribution >= 0.6 is 0 Å². The quantitative estimate of drug-likeness (QED) is 0.673. The average Bonchev–Trinajstić information content (AvgIpc) is 2.13. The Bertz CT molecular complexity index is 209. The van der Waals surface area contributed by atoms with Crippen LogP contribution in [0.25, 0.3) is 0 Å². The summed E-state index contributed by atoms with van der Waals surface area (Å²) in [6.45, 7) is 6.17. The van der Waals surface area contributed by atoms with Gasteiger partial charge >= 0.3 is 81.0 Å². The van der Waals surface area contributed by atoms with Crippen molar-refractivity contribution in [3.8, 4) is 0 Å². The van der Waals surface area contributed by atoms with E-state index in [9.17, 15) is 0 Å². The number of hydrogen-bond donors (Lipinski definition) is 0. The monoisotopic (exact) mass is 213 g/mol. The van der Waals surface area contributed by atoms with Crippen LogP contribution in [0, 0.1) is 6.92 Å². The predicted molar refractivity (Wildman–Crippen MR) is 34.8 cm³/mol. The molecule has 0 unspecified atom stereocenters. The Hall–Kier alpha value is 0.244. The second kappa shape index (κ2) is 3.10. The molecule has 0 bridgehead atoms. The summed E-state index contributed by atoms with van der Waals surface area (Å²) in [5, 5.41) is 8.52. The molecule has 1 aromatic rings. The van der Waals surface area contributed by atoms with Crippen LogP contribution in [0.3, 0.4) is 0 Å². The van der Waals surface area contributed by atoms with Crippen molar-refractivity contribution in [3.63, 3.8) is 0 Å². The van der Waals surface area contributed by atoms with Crippen molar-refractivity contribution < 1.29 is 31.0 Å². The standard InChI is InChI=1S/C6H10N3.Y/c1-5(2)9-7-4-6(3)8-9;/h5H,1-3H3;. The fraction of sp³-hybridized carbons (Fsp3) is 0.667. The zero-order valence-electron chi connectivity index (χ0n) is 6.50. The fourth-order valence-electron chi connectivity index (χ4n) is 0.641. The maximum absolute atomic E-state index is 4.27. The molecule has 0 fully saturated rings. The molecule has 0 radical (unpaired) electrons. The molecule has 1 heterocycles. The molecule has 4 heteroatoms. The normalized spacial score (nSPS) is 10.7. The molecule has 0 spiro atoms. The average molecular weight is 213 g/mol. The summed E-state index contributed by atoms with van der Waals surface area (Å²) in [5.41, 5.74) is 1.08. The van der Waals surface area contributed by atoms with Gasteiger partial charge in [-0.25, -0.2) is 0 Å². The Morgan fingerprint density at radius 2 is 2.00 bits per heavy atom. The van der Waals surface area contributed by atoms with Crippen LogP contribution in [-0.4, -0.2) is 15.0 Å². The third-order valence-electron chi connectivity index (χ3n) is 1.30. The molecule has 0 aromatic carbocycles. The maximum atomic E-state index is 4.27. The van der Waals surface area contributed by atoms with Gasteiger partial charge in [-0.05, 0) is 0 Å². The van der Waals surface area contributed by atoms with E-state index in [0.717, 1.165) is 39.2 Å². The van der Waals surface area contributed by atoms with Crippen LogP contribution in [0.4, 0.5) is 0 Å². The summed E-state index contributed by atoms with van der Waals surface area (Å²) in [4.78, 5) is 1.77. The van der Waals surface area contributed by atoms with Crippen LogP contribution in [-0.2, 0) is 31.0 Å². The van der Waals surface area contributed by atoms with E-state index in [1.165, 1.54) is 0 Å². The van der Waals surface area contributed by atoms with Gasteiger partial charge in [-0.2, -0.15) is 0 Å². The SMILES string of the molecule is Cc1nn(C(C)C)n[c]1[Y]. The molecule has 0 saturated carbocycles. The van der Waals surface area contributed by atoms with Gasteiger partial charge in [-0.1, -0.05) is 0 Å². The van der Waals surface area contributed by atoms with Crippen molar-refractivity contribution in [2.45, 2.75) is 26.8 Å². The number of nitrogens with zero attached hydrogens (tertiary/aromatic N) is 3. The van der Waals surface area contributed by atoms with E-state index in [-0.39, 0.29) is 0 Å². The second-order valence-electron chi connectivity index (χ2n) is 2.58. The van der Waals surface area contributed by atoms with Gasteiger partial charge in [0.15, 0.2) is 0 Å². The zero-order chi connectivity index (χ0) is 7.72. The molecule has 0 saturated heterocycles. The Morgan fingerprint density at radius 3 is 2.20 bits per heavy atom. The van der Waals surface area contributed by atoms with Crippen molar-refractivity contribution in [1.82, 2.24) is 15.0 Å². The molecule has 3 nitrogen and oxygen atoms in total. The summed E-state index contributed by atoms with van der Waals surface area (Å²) in [6.07, 6.45) is 0. The van der Waals surface area contributed by atoms with Crippen LogP contribution in [0.2, 0.25) is 0 Å². The molecule has 0 aliphatic rings. The first-order valence-corrected chi connectivity index (χ1v) is 4.72. The van der Waals surface area contributed by atoms with Gasteiger partial charge in [-0.3, -0.25) is 0 Å². The van der Waals surface area contributed by atoms with E-state index in [2.05, 4.69) is 24.0 Å². The van der Waals surface area contributed by atoms with Crippen LogP contribution in [0.15, 0.2) is 0 Å². The van der Waals surface area contributed by atoms with Gasteiger partial charge in [0.05, 0.1) is 0 Å². The number of hydrogen-bond acceptors (Lipinski definition) is 2. The van der Waals surface area contributed by atoms with Gasteiger partial charge in [0.2, 0.25) is 0 Å². The van der Waals surface area contributed by atoms with Crippen LogP contribution in [0.5, 0.6) is 0 Å². The molecular weight excluding hydrogens is 203 g/mol. The molecule has 0 amide bonds. The summed E-state index contributed by atoms with van der Waals surface area (Å²) in [5.74, 6) is 0. The first kappa shape index (κ1) is 8.34. The summed E-state index contributed by atoms with van der Waals surface area (Å²) < 4.78 is 1.15. The molecule has 1 aromatic heterocycles. The van der Waals surface area contributed by atoms with Crippen molar-refractivity contribution in [1.29, 1.82) is 0 Å². The van der Waals surface area contributed by atoms with Crippen LogP contribution < -0.4 is 2.50 Å². The Labute approximate surface area is 80.6 Å². The van der Waals surface area contributed by atoms with E-state index >= 15 is 0 Å². The van der Waals surface area contributed by atoms with Gasteiger partial charge in [0.1, 0.15) is 0 Å². The first-order valence-electron chi connectivity index (χ1n) is 3.30. The number of aryl methyl sites for hydroxylation is 1.